The molecule has 3 aromatic heterocycles. The van der Waals surface area contributed by atoms with Crippen LogP contribution in [-0.2, 0) is 0 Å². The lowest BCUT2D eigenvalue weighted by Gasteiger charge is -2.38. The van der Waals surface area contributed by atoms with Crippen molar-refractivity contribution in [3.05, 3.63) is 40.8 Å². The lowest BCUT2D eigenvalue weighted by molar-refractivity contribution is 0.0831. The van der Waals surface area contributed by atoms with Crippen molar-refractivity contribution in [2.75, 3.05) is 51.0 Å². The minimum Gasteiger partial charge on any atom is -0.367 e. The summed E-state index contributed by atoms with van der Waals surface area (Å²) in [7, 11) is 5.69. The van der Waals surface area contributed by atoms with Gasteiger partial charge in [-0.25, -0.2) is 14.4 Å². The molecule has 7 nitrogen and oxygen atoms in total. The Hall–Kier alpha value is -2.78. The zero-order chi connectivity index (χ0) is 24.7. The van der Waals surface area contributed by atoms with Gasteiger partial charge in [0.1, 0.15) is 5.82 Å². The molecule has 0 radical (unpaired) electrons. The van der Waals surface area contributed by atoms with Gasteiger partial charge in [-0.1, -0.05) is 12.8 Å². The van der Waals surface area contributed by atoms with Gasteiger partial charge in [0.25, 0.3) is 5.91 Å². The van der Waals surface area contributed by atoms with E-state index in [1.54, 1.807) is 37.5 Å². The van der Waals surface area contributed by atoms with Crippen molar-refractivity contribution in [1.82, 2.24) is 19.8 Å². The average molecular weight is 497 g/mol. The quantitative estimate of drug-likeness (QED) is 0.532. The minimum absolute atomic E-state index is 0.0316. The second-order valence-corrected chi connectivity index (χ2v) is 11.1. The summed E-state index contributed by atoms with van der Waals surface area (Å²) in [4.78, 5) is 28.8. The van der Waals surface area contributed by atoms with Gasteiger partial charge in [-0.15, -0.1) is 11.3 Å². The number of hydrogen-bond acceptors (Lipinski definition) is 7. The molecule has 3 aromatic rings. The number of piperazine rings is 1. The molecule has 1 saturated carbocycles. The summed E-state index contributed by atoms with van der Waals surface area (Å²) in [5, 5.41) is 4.11. The molecule has 1 saturated heterocycles. The van der Waals surface area contributed by atoms with E-state index in [1.165, 1.54) is 24.2 Å². The highest BCUT2D eigenvalue weighted by Gasteiger charge is 2.28. The van der Waals surface area contributed by atoms with Crippen LogP contribution in [0, 0.1) is 5.82 Å². The Morgan fingerprint density at radius 1 is 1.17 bits per heavy atom. The number of anilines is 3. The zero-order valence-corrected chi connectivity index (χ0v) is 21.7. The highest BCUT2D eigenvalue weighted by atomic mass is 32.1. The van der Waals surface area contributed by atoms with Crippen molar-refractivity contribution in [2.24, 2.45) is 0 Å². The van der Waals surface area contributed by atoms with Gasteiger partial charge in [0.15, 0.2) is 11.6 Å². The number of carbonyl (C=O) groups excluding carboxylic acids is 1. The number of carbonyl (C=O) groups is 1. The number of nitrogens with one attached hydrogen (secondary N) is 1. The number of amides is 1. The highest BCUT2D eigenvalue weighted by molar-refractivity contribution is 7.21. The van der Waals surface area contributed by atoms with E-state index in [0.717, 1.165) is 58.7 Å². The Labute approximate surface area is 210 Å². The maximum absolute atomic E-state index is 15.1. The van der Waals surface area contributed by atoms with Crippen LogP contribution in [0.1, 0.15) is 53.8 Å². The highest BCUT2D eigenvalue weighted by Crippen LogP contribution is 2.44. The molecule has 35 heavy (non-hydrogen) atoms. The van der Waals surface area contributed by atoms with Crippen molar-refractivity contribution >= 4 is 44.7 Å². The number of aromatic nitrogens is 2. The Balaban J connectivity index is 1.43. The second kappa shape index (κ2) is 9.70. The minimum atomic E-state index is -0.402. The Morgan fingerprint density at radius 2 is 1.94 bits per heavy atom. The SMILES string of the molecule is C[C@H]1CN(c2cnc(Nc3cc4c(C5CCCC5)c(C(=O)N(C)C)sc4cn3)c(F)c2)CCN1C. The van der Waals surface area contributed by atoms with E-state index in [1.807, 2.05) is 6.07 Å². The molecule has 4 heterocycles. The van der Waals surface area contributed by atoms with Crippen LogP contribution in [0.3, 0.4) is 0 Å². The molecule has 2 fully saturated rings. The maximum Gasteiger partial charge on any atom is 0.263 e. The fourth-order valence-corrected chi connectivity index (χ4v) is 6.43. The summed E-state index contributed by atoms with van der Waals surface area (Å²) in [5.41, 5.74) is 1.92. The first kappa shape index (κ1) is 23.9. The molecule has 5 rings (SSSR count). The van der Waals surface area contributed by atoms with Gasteiger partial charge in [0.2, 0.25) is 0 Å². The molecule has 186 valence electrons. The van der Waals surface area contributed by atoms with Crippen LogP contribution in [-0.4, -0.2) is 72.5 Å². The van der Waals surface area contributed by atoms with Gasteiger partial charge in [0.05, 0.1) is 21.5 Å². The van der Waals surface area contributed by atoms with Crippen LogP contribution < -0.4 is 10.2 Å². The predicted octanol–water partition coefficient (Wildman–Crippen LogP) is 5.07. The Morgan fingerprint density at radius 3 is 2.63 bits per heavy atom. The van der Waals surface area contributed by atoms with Gasteiger partial charge in [0, 0.05) is 57.4 Å². The summed E-state index contributed by atoms with van der Waals surface area (Å²) >= 11 is 1.50. The van der Waals surface area contributed by atoms with Crippen molar-refractivity contribution in [1.29, 1.82) is 0 Å². The first-order valence-corrected chi connectivity index (χ1v) is 13.2. The number of fused-ring (bicyclic) bond motifs is 1. The second-order valence-electron chi connectivity index (χ2n) is 10.0. The molecule has 1 aliphatic carbocycles. The summed E-state index contributed by atoms with van der Waals surface area (Å²) in [6.07, 6.45) is 8.05. The average Bonchev–Trinajstić information content (AvgIpc) is 3.49. The summed E-state index contributed by atoms with van der Waals surface area (Å²) in [6.45, 7) is 4.81. The van der Waals surface area contributed by atoms with Crippen molar-refractivity contribution in [2.45, 2.75) is 44.6 Å². The first-order chi connectivity index (χ1) is 16.8. The fourth-order valence-electron chi connectivity index (χ4n) is 5.17. The molecule has 0 aromatic carbocycles. The summed E-state index contributed by atoms with van der Waals surface area (Å²) in [6, 6.07) is 3.90. The van der Waals surface area contributed by atoms with Crippen LogP contribution in [0.5, 0.6) is 0 Å². The zero-order valence-electron chi connectivity index (χ0n) is 20.8. The molecule has 0 spiro atoms. The molecule has 2 aliphatic rings. The van der Waals surface area contributed by atoms with E-state index in [4.69, 9.17) is 0 Å². The molecule has 1 amide bonds. The number of pyridine rings is 2. The van der Waals surface area contributed by atoms with Crippen LogP contribution >= 0.6 is 11.3 Å². The smallest absolute Gasteiger partial charge is 0.263 e. The van der Waals surface area contributed by atoms with E-state index in [2.05, 4.69) is 39.1 Å². The van der Waals surface area contributed by atoms with Gasteiger partial charge in [-0.05, 0) is 44.4 Å². The molecule has 1 N–H and O–H groups in total. The number of hydrogen-bond donors (Lipinski definition) is 1. The van der Waals surface area contributed by atoms with Gasteiger partial charge < -0.3 is 20.0 Å². The van der Waals surface area contributed by atoms with E-state index >= 15 is 4.39 Å². The molecule has 9 heteroatoms. The Bertz CT molecular complexity index is 1240. The number of rotatable bonds is 5. The van der Waals surface area contributed by atoms with Crippen molar-refractivity contribution < 1.29 is 9.18 Å². The number of likely N-dealkylation sites (N-methyl/N-ethyl adjacent to an activating group) is 1. The fraction of sp³-hybridized carbons (Fsp3) is 0.500. The standard InChI is InChI=1S/C26H33FN6OS/c1-16-15-33(10-9-32(16)4)18-11-20(27)25(29-13-18)30-22-12-19-21(14-28-22)35-24(26(34)31(2)3)23(19)17-7-5-6-8-17/h11-14,16-17H,5-10,15H2,1-4H3,(H,28,29,30)/t16-/m0/s1. The lowest BCUT2D eigenvalue weighted by Crippen LogP contribution is -2.50. The number of halogens is 1. The van der Waals surface area contributed by atoms with Crippen LogP contribution in [0.4, 0.5) is 21.7 Å². The normalized spacial score (nSPS) is 19.5. The van der Waals surface area contributed by atoms with Crippen molar-refractivity contribution in [3.8, 4) is 0 Å². The van der Waals surface area contributed by atoms with E-state index in [9.17, 15) is 4.79 Å². The molecule has 0 bridgehead atoms. The van der Waals surface area contributed by atoms with E-state index < -0.39 is 5.82 Å². The lowest BCUT2D eigenvalue weighted by atomic mass is 9.94. The monoisotopic (exact) mass is 496 g/mol. The van der Waals surface area contributed by atoms with Crippen LogP contribution in [0.2, 0.25) is 0 Å². The first-order valence-electron chi connectivity index (χ1n) is 12.3. The third-order valence-corrected chi connectivity index (χ3v) is 8.52. The molecule has 1 aliphatic heterocycles. The van der Waals surface area contributed by atoms with E-state index in [-0.39, 0.29) is 11.7 Å². The topological polar surface area (TPSA) is 64.6 Å². The summed E-state index contributed by atoms with van der Waals surface area (Å²) in [5.74, 6) is 0.693. The third-order valence-electron chi connectivity index (χ3n) is 7.38. The number of thiophene rings is 1. The van der Waals surface area contributed by atoms with Crippen LogP contribution in [0.25, 0.3) is 10.1 Å². The van der Waals surface area contributed by atoms with Crippen LogP contribution in [0.15, 0.2) is 24.5 Å². The van der Waals surface area contributed by atoms with Gasteiger partial charge in [-0.2, -0.15) is 0 Å². The maximum atomic E-state index is 15.1. The largest absolute Gasteiger partial charge is 0.367 e. The molecular weight excluding hydrogens is 463 g/mol. The predicted molar refractivity (Wildman–Crippen MR) is 141 cm³/mol. The summed E-state index contributed by atoms with van der Waals surface area (Å²) < 4.78 is 16.0. The number of nitrogens with zero attached hydrogens (tertiary/aromatic N) is 5. The molecule has 0 unspecified atom stereocenters. The Kier molecular flexibility index (Phi) is 6.63. The van der Waals surface area contributed by atoms with Gasteiger partial charge in [-0.3, -0.25) is 4.79 Å². The van der Waals surface area contributed by atoms with E-state index in [0.29, 0.717) is 17.8 Å². The molecular formula is C26H33FN6OS. The van der Waals surface area contributed by atoms with Gasteiger partial charge >= 0.3 is 0 Å². The third kappa shape index (κ3) is 4.71. The van der Waals surface area contributed by atoms with Crippen molar-refractivity contribution in [3.63, 3.8) is 0 Å². The molecule has 1 atom stereocenters.